The highest BCUT2D eigenvalue weighted by Gasteiger charge is 2.08. The number of hydrogen-bond acceptors (Lipinski definition) is 4. The molecule has 4 nitrogen and oxygen atoms in total. The SMILES string of the molecule is NCCC(=O)Nc1nc(Cc2ccc(F)c(F)c2)cs1. The highest BCUT2D eigenvalue weighted by molar-refractivity contribution is 7.13. The van der Waals surface area contributed by atoms with Crippen LogP contribution in [0.15, 0.2) is 23.6 Å². The monoisotopic (exact) mass is 297 g/mol. The molecule has 0 radical (unpaired) electrons. The molecular weight excluding hydrogens is 284 g/mol. The maximum atomic E-state index is 13.1. The smallest absolute Gasteiger partial charge is 0.227 e. The molecule has 2 aromatic rings. The van der Waals surface area contributed by atoms with Crippen LogP contribution in [-0.4, -0.2) is 17.4 Å². The van der Waals surface area contributed by atoms with Gasteiger partial charge in [-0.3, -0.25) is 4.79 Å². The van der Waals surface area contributed by atoms with E-state index in [9.17, 15) is 13.6 Å². The fraction of sp³-hybridized carbons (Fsp3) is 0.231. The molecule has 106 valence electrons. The van der Waals surface area contributed by atoms with Gasteiger partial charge in [0.25, 0.3) is 0 Å². The average molecular weight is 297 g/mol. The molecule has 0 spiro atoms. The molecule has 0 unspecified atom stereocenters. The number of anilines is 1. The topological polar surface area (TPSA) is 68.0 Å². The minimum absolute atomic E-state index is 0.193. The minimum atomic E-state index is -0.880. The Morgan fingerprint density at radius 1 is 1.35 bits per heavy atom. The number of halogens is 2. The predicted molar refractivity (Wildman–Crippen MR) is 73.6 cm³/mol. The second-order valence-corrected chi connectivity index (χ2v) is 5.01. The van der Waals surface area contributed by atoms with E-state index in [-0.39, 0.29) is 18.9 Å². The fourth-order valence-electron chi connectivity index (χ4n) is 1.62. The maximum absolute atomic E-state index is 13.1. The van der Waals surface area contributed by atoms with Gasteiger partial charge in [-0.25, -0.2) is 13.8 Å². The first-order chi connectivity index (χ1) is 9.58. The number of carbonyl (C=O) groups is 1. The molecule has 0 aliphatic carbocycles. The lowest BCUT2D eigenvalue weighted by Gasteiger charge is -2.00. The summed E-state index contributed by atoms with van der Waals surface area (Å²) in [5.74, 6) is -1.95. The summed E-state index contributed by atoms with van der Waals surface area (Å²) in [5.41, 5.74) is 6.58. The third-order valence-corrected chi connectivity index (χ3v) is 3.35. The molecule has 0 fully saturated rings. The second kappa shape index (κ2) is 6.53. The normalized spacial score (nSPS) is 10.6. The summed E-state index contributed by atoms with van der Waals surface area (Å²) in [7, 11) is 0. The van der Waals surface area contributed by atoms with Crippen LogP contribution in [0.2, 0.25) is 0 Å². The Kier molecular flexibility index (Phi) is 4.75. The molecule has 0 saturated carbocycles. The summed E-state index contributed by atoms with van der Waals surface area (Å²) >= 11 is 1.28. The number of thiazole rings is 1. The van der Waals surface area contributed by atoms with Crippen molar-refractivity contribution in [1.29, 1.82) is 0 Å². The van der Waals surface area contributed by atoms with Crippen LogP contribution in [-0.2, 0) is 11.2 Å². The van der Waals surface area contributed by atoms with Crippen LogP contribution in [0.5, 0.6) is 0 Å². The van der Waals surface area contributed by atoms with Crippen LogP contribution >= 0.6 is 11.3 Å². The zero-order chi connectivity index (χ0) is 14.5. The van der Waals surface area contributed by atoms with Gasteiger partial charge in [-0.1, -0.05) is 6.07 Å². The molecule has 0 bridgehead atoms. The van der Waals surface area contributed by atoms with Gasteiger partial charge in [0.1, 0.15) is 0 Å². The zero-order valence-corrected chi connectivity index (χ0v) is 11.3. The number of carbonyl (C=O) groups excluding carboxylic acids is 1. The van der Waals surface area contributed by atoms with Crippen LogP contribution < -0.4 is 11.1 Å². The maximum Gasteiger partial charge on any atom is 0.227 e. The molecule has 1 amide bonds. The Balaban J connectivity index is 2.02. The van der Waals surface area contributed by atoms with Gasteiger partial charge < -0.3 is 11.1 Å². The van der Waals surface area contributed by atoms with Gasteiger partial charge in [0.15, 0.2) is 16.8 Å². The third-order valence-electron chi connectivity index (χ3n) is 2.54. The highest BCUT2D eigenvalue weighted by Crippen LogP contribution is 2.19. The largest absolute Gasteiger partial charge is 0.330 e. The van der Waals surface area contributed by atoms with Gasteiger partial charge in [0, 0.05) is 24.8 Å². The molecule has 3 N–H and O–H groups in total. The van der Waals surface area contributed by atoms with Crippen LogP contribution in [0, 0.1) is 11.6 Å². The Morgan fingerprint density at radius 2 is 2.15 bits per heavy atom. The molecule has 0 saturated heterocycles. The number of rotatable bonds is 5. The van der Waals surface area contributed by atoms with E-state index in [0.717, 1.165) is 12.1 Å². The van der Waals surface area contributed by atoms with Crippen LogP contribution in [0.3, 0.4) is 0 Å². The molecular formula is C13H13F2N3OS. The fourth-order valence-corrected chi connectivity index (χ4v) is 2.34. The average Bonchev–Trinajstić information content (AvgIpc) is 2.81. The van der Waals surface area contributed by atoms with E-state index in [1.165, 1.54) is 17.4 Å². The molecule has 1 heterocycles. The van der Waals surface area contributed by atoms with E-state index in [1.807, 2.05) is 0 Å². The number of nitrogens with zero attached hydrogens (tertiary/aromatic N) is 1. The summed E-state index contributed by atoms with van der Waals surface area (Å²) in [6, 6.07) is 3.73. The Morgan fingerprint density at radius 3 is 2.85 bits per heavy atom. The van der Waals surface area contributed by atoms with E-state index >= 15 is 0 Å². The second-order valence-electron chi connectivity index (χ2n) is 4.16. The summed E-state index contributed by atoms with van der Waals surface area (Å²) in [6.07, 6.45) is 0.610. The summed E-state index contributed by atoms with van der Waals surface area (Å²) in [4.78, 5) is 15.6. The lowest BCUT2D eigenvalue weighted by molar-refractivity contribution is -0.116. The number of aromatic nitrogens is 1. The summed E-state index contributed by atoms with van der Waals surface area (Å²) in [5, 5.41) is 4.86. The van der Waals surface area contributed by atoms with Crippen LogP contribution in [0.1, 0.15) is 17.7 Å². The van der Waals surface area contributed by atoms with Crippen molar-refractivity contribution >= 4 is 22.4 Å². The van der Waals surface area contributed by atoms with Gasteiger partial charge in [0.05, 0.1) is 5.69 Å². The van der Waals surface area contributed by atoms with Gasteiger partial charge in [-0.15, -0.1) is 11.3 Å². The molecule has 7 heteroatoms. The van der Waals surface area contributed by atoms with Crippen molar-refractivity contribution in [3.63, 3.8) is 0 Å². The molecule has 20 heavy (non-hydrogen) atoms. The molecule has 2 rings (SSSR count). The molecule has 0 atom stereocenters. The quantitative estimate of drug-likeness (QED) is 0.890. The molecule has 0 aliphatic rings. The Hall–Kier alpha value is -1.86. The van der Waals surface area contributed by atoms with Gasteiger partial charge in [-0.05, 0) is 17.7 Å². The Bertz CT molecular complexity index is 615. The molecule has 1 aromatic heterocycles. The lowest BCUT2D eigenvalue weighted by Crippen LogP contribution is -2.16. The number of benzene rings is 1. The van der Waals surface area contributed by atoms with Crippen molar-refractivity contribution in [3.8, 4) is 0 Å². The molecule has 0 aliphatic heterocycles. The number of amides is 1. The first kappa shape index (κ1) is 14.5. The first-order valence-corrected chi connectivity index (χ1v) is 6.84. The predicted octanol–water partition coefficient (Wildman–Crippen LogP) is 2.30. The van der Waals surface area contributed by atoms with E-state index in [0.29, 0.717) is 22.8 Å². The van der Waals surface area contributed by atoms with E-state index in [4.69, 9.17) is 5.73 Å². The van der Waals surface area contributed by atoms with Crippen molar-refractivity contribution in [2.24, 2.45) is 5.73 Å². The number of nitrogens with two attached hydrogens (primary N) is 1. The standard InChI is InChI=1S/C13H13F2N3OS/c14-10-2-1-8(6-11(10)15)5-9-7-20-13(17-9)18-12(19)3-4-16/h1-2,6-7H,3-5,16H2,(H,17,18,19). The van der Waals surface area contributed by atoms with E-state index < -0.39 is 11.6 Å². The highest BCUT2D eigenvalue weighted by atomic mass is 32.1. The Labute approximate surface area is 118 Å². The van der Waals surface area contributed by atoms with Crippen molar-refractivity contribution in [1.82, 2.24) is 4.98 Å². The summed E-state index contributed by atoms with van der Waals surface area (Å²) in [6.45, 7) is 0.277. The van der Waals surface area contributed by atoms with Crippen molar-refractivity contribution in [2.75, 3.05) is 11.9 Å². The van der Waals surface area contributed by atoms with E-state index in [2.05, 4.69) is 10.3 Å². The number of hydrogen-bond donors (Lipinski definition) is 2. The van der Waals surface area contributed by atoms with Crippen LogP contribution in [0.4, 0.5) is 13.9 Å². The van der Waals surface area contributed by atoms with E-state index in [1.54, 1.807) is 5.38 Å². The summed E-state index contributed by atoms with van der Waals surface area (Å²) < 4.78 is 25.9. The van der Waals surface area contributed by atoms with Crippen molar-refractivity contribution in [3.05, 3.63) is 46.5 Å². The van der Waals surface area contributed by atoms with Crippen LogP contribution in [0.25, 0.3) is 0 Å². The van der Waals surface area contributed by atoms with Crippen molar-refractivity contribution < 1.29 is 13.6 Å². The lowest BCUT2D eigenvalue weighted by atomic mass is 10.1. The molecule has 1 aromatic carbocycles. The van der Waals surface area contributed by atoms with Gasteiger partial charge in [-0.2, -0.15) is 0 Å². The zero-order valence-electron chi connectivity index (χ0n) is 10.5. The third kappa shape index (κ3) is 3.82. The number of nitrogens with one attached hydrogen (secondary N) is 1. The van der Waals surface area contributed by atoms with Crippen molar-refractivity contribution in [2.45, 2.75) is 12.8 Å². The van der Waals surface area contributed by atoms with Gasteiger partial charge in [0.2, 0.25) is 5.91 Å². The first-order valence-electron chi connectivity index (χ1n) is 5.96. The van der Waals surface area contributed by atoms with Gasteiger partial charge >= 0.3 is 0 Å². The minimum Gasteiger partial charge on any atom is -0.330 e.